The van der Waals surface area contributed by atoms with Crippen molar-refractivity contribution in [2.75, 3.05) is 39.3 Å². The van der Waals surface area contributed by atoms with E-state index in [0.29, 0.717) is 60.9 Å². The topological polar surface area (TPSA) is 250 Å². The molecule has 97 heavy (non-hydrogen) atoms. The number of hydrogen-bond acceptors (Lipinski definition) is 13. The summed E-state index contributed by atoms with van der Waals surface area (Å²) in [5.41, 5.74) is 11.5. The highest BCUT2D eigenvalue weighted by Gasteiger charge is 2.45. The molecule has 8 aromatic rings. The Labute approximate surface area is 562 Å². The number of aliphatic hydroxyl groups excluding tert-OH is 2. The van der Waals surface area contributed by atoms with E-state index in [-0.39, 0.29) is 70.4 Å². The molecule has 2 aliphatic carbocycles. The Morgan fingerprint density at radius 1 is 0.567 bits per heavy atom. The molecule has 0 aliphatic heterocycles. The third-order valence-corrected chi connectivity index (χ3v) is 16.8. The van der Waals surface area contributed by atoms with Crippen molar-refractivity contribution >= 4 is 23.7 Å². The Kier molecular flexibility index (Phi) is 25.8. The number of carboxylic acid groups (broad SMARTS) is 1. The average Bonchev–Trinajstić information content (AvgIpc) is 1.62. The number of nitrogens with two attached hydrogens (primary N) is 1. The van der Waals surface area contributed by atoms with E-state index in [1.807, 2.05) is 76.2 Å². The molecule has 3 amide bonds. The second kappa shape index (κ2) is 34.3. The number of nitrogens with zero attached hydrogens (tertiary/aromatic N) is 4. The molecular weight excluding hydrogens is 1240 g/mol. The predicted molar refractivity (Wildman–Crippen MR) is 362 cm³/mol. The highest BCUT2D eigenvalue weighted by atomic mass is 19.1. The first-order valence-corrected chi connectivity index (χ1v) is 32.5. The van der Waals surface area contributed by atoms with E-state index in [9.17, 15) is 52.1 Å². The minimum Gasteiger partial charge on any atom is -0.478 e. The first kappa shape index (κ1) is 73.1. The number of aliphatic hydroxyl groups is 2. The van der Waals surface area contributed by atoms with Gasteiger partial charge in [0.05, 0.1) is 36.2 Å². The molecule has 2 aromatic heterocycles. The summed E-state index contributed by atoms with van der Waals surface area (Å²) in [4.78, 5) is 63.3. The maximum absolute atomic E-state index is 14.2. The van der Waals surface area contributed by atoms with E-state index in [1.165, 1.54) is 67.4 Å². The van der Waals surface area contributed by atoms with Crippen molar-refractivity contribution in [1.82, 2.24) is 35.7 Å². The molecule has 508 valence electrons. The smallest absolute Gasteiger partial charge is 0.335 e. The summed E-state index contributed by atoms with van der Waals surface area (Å²) in [6, 6.07) is 29.4. The summed E-state index contributed by atoms with van der Waals surface area (Å²) >= 11 is 0. The fourth-order valence-corrected chi connectivity index (χ4v) is 11.6. The standard InChI is InChI=1S/C38H40F2N4O4.C21H22F2N2O.C17H20N2O4/c1-4-13-44(14-5-2)37(47)29-21-27(20-28(22-29)36-41-12-15-48-36)35(46)43-33(19-26-17-31(39)23-32(40)18-26)34(45)24-42-38(10-11-38)30-9-7-8-25(6-3)16-30;1-2-14-4-3-5-16(8-14)21(6-7-21)25-13-20(26)19(24)11-15-9-17(22)12-18(23)10-15;1-3-6-19(7-4-2)16(20)13-9-12(15-18-5-8-23-15)10-14(11-13)17(21)22/h3,7-9,12,15-18,20-23,33-34,42,45H,4-5,10-11,13-14,19,24H2,1-2H3,(H,43,46);1,3-5,8-10,12,19-20,25-26H,6-7,11,13,24H2;5,8-11H,3-4,6-7H2,1-2H3,(H,21,22)/t33-,34+;19-,20+;/m00./s1. The SMILES string of the molecule is C#Cc1cccc(C2(NC[C@@H](O)[C@@H](N)Cc3cc(F)cc(F)c3)CC2)c1.C#Cc1cccc(C2(NC[C@@H](O)[C@H](Cc3cc(F)cc(F)c3)NC(=O)c3cc(C(=O)N(CCC)CCC)cc(-c4ncco4)c3)CC2)c1.CCCN(CCC)C(=O)c1cc(C(=O)O)cc(-c2ncco2)c1. The summed E-state index contributed by atoms with van der Waals surface area (Å²) in [5, 5.41) is 40.8. The van der Waals surface area contributed by atoms with Crippen LogP contribution < -0.4 is 21.7 Å². The Morgan fingerprint density at radius 2 is 0.969 bits per heavy atom. The lowest BCUT2D eigenvalue weighted by molar-refractivity contribution is 0.0695. The lowest BCUT2D eigenvalue weighted by Gasteiger charge is -2.28. The molecule has 0 spiro atoms. The molecule has 2 heterocycles. The molecule has 21 heteroatoms. The van der Waals surface area contributed by atoms with E-state index < -0.39 is 59.4 Å². The molecule has 17 nitrogen and oxygen atoms in total. The minimum absolute atomic E-state index is 0.0389. The van der Waals surface area contributed by atoms with Crippen LogP contribution in [-0.4, -0.2) is 122 Å². The first-order chi connectivity index (χ1) is 46.6. The monoisotopic (exact) mass is 1330 g/mol. The highest BCUT2D eigenvalue weighted by Crippen LogP contribution is 2.46. The van der Waals surface area contributed by atoms with Gasteiger partial charge >= 0.3 is 5.97 Å². The van der Waals surface area contributed by atoms with Crippen molar-refractivity contribution in [2.24, 2.45) is 5.73 Å². The Bertz CT molecular complexity index is 4020. The average molecular weight is 1330 g/mol. The second-order valence-electron chi connectivity index (χ2n) is 24.4. The molecule has 0 bridgehead atoms. The van der Waals surface area contributed by atoms with Gasteiger partial charge < -0.3 is 55.6 Å². The van der Waals surface area contributed by atoms with Crippen molar-refractivity contribution in [2.45, 2.75) is 127 Å². The third-order valence-electron chi connectivity index (χ3n) is 16.8. The number of rotatable bonds is 29. The number of terminal acetylenes is 2. The second-order valence-corrected chi connectivity index (χ2v) is 24.4. The van der Waals surface area contributed by atoms with Crippen LogP contribution in [-0.2, 0) is 23.9 Å². The van der Waals surface area contributed by atoms with E-state index in [1.54, 1.807) is 28.0 Å². The third kappa shape index (κ3) is 20.2. The van der Waals surface area contributed by atoms with Gasteiger partial charge in [0.25, 0.3) is 17.7 Å². The molecule has 0 unspecified atom stereocenters. The number of carbonyl (C=O) groups is 4. The maximum Gasteiger partial charge on any atom is 0.335 e. The quantitative estimate of drug-likeness (QED) is 0.0170. The van der Waals surface area contributed by atoms with Crippen molar-refractivity contribution in [3.8, 4) is 47.6 Å². The molecule has 0 saturated heterocycles. The Balaban J connectivity index is 0.000000206. The van der Waals surface area contributed by atoms with Gasteiger partial charge in [-0.3, -0.25) is 14.4 Å². The molecule has 4 atom stereocenters. The molecule has 10 rings (SSSR count). The number of aromatic nitrogens is 2. The summed E-state index contributed by atoms with van der Waals surface area (Å²) in [6.45, 7) is 10.7. The first-order valence-electron chi connectivity index (χ1n) is 32.5. The fraction of sp³-hybridized carbons (Fsp3) is 0.342. The number of halogens is 4. The number of hydrogen-bond donors (Lipinski definition) is 7. The van der Waals surface area contributed by atoms with E-state index in [0.717, 1.165) is 85.8 Å². The molecule has 2 fully saturated rings. The number of aromatic carboxylic acids is 1. The van der Waals surface area contributed by atoms with Crippen LogP contribution in [0.4, 0.5) is 17.6 Å². The zero-order valence-electron chi connectivity index (χ0n) is 54.8. The van der Waals surface area contributed by atoms with Gasteiger partial charge in [-0.2, -0.15) is 0 Å². The largest absolute Gasteiger partial charge is 0.478 e. The van der Waals surface area contributed by atoms with Crippen molar-refractivity contribution in [3.05, 3.63) is 225 Å². The van der Waals surface area contributed by atoms with Gasteiger partial charge in [-0.05, 0) is 171 Å². The van der Waals surface area contributed by atoms with Crippen LogP contribution in [0, 0.1) is 48.0 Å². The lowest BCUT2D eigenvalue weighted by Crippen LogP contribution is -2.50. The minimum atomic E-state index is -1.16. The molecule has 2 aliphatic rings. The maximum atomic E-state index is 14.2. The number of carboxylic acids is 1. The van der Waals surface area contributed by atoms with Crippen molar-refractivity contribution < 1.29 is 60.9 Å². The van der Waals surface area contributed by atoms with Crippen LogP contribution in [0.2, 0.25) is 0 Å². The molecular formula is C76H82F4N8O9. The van der Waals surface area contributed by atoms with E-state index >= 15 is 0 Å². The Morgan fingerprint density at radius 3 is 1.36 bits per heavy atom. The number of amides is 3. The predicted octanol–water partition coefficient (Wildman–Crippen LogP) is 11.6. The van der Waals surface area contributed by atoms with Crippen LogP contribution in [0.3, 0.4) is 0 Å². The Hall–Kier alpha value is -9.74. The van der Waals surface area contributed by atoms with Crippen LogP contribution in [0.5, 0.6) is 0 Å². The van der Waals surface area contributed by atoms with Crippen LogP contribution in [0.1, 0.15) is 154 Å². The van der Waals surface area contributed by atoms with Gasteiger partial charge in [-0.25, -0.2) is 32.3 Å². The number of oxazole rings is 2. The molecule has 2 saturated carbocycles. The van der Waals surface area contributed by atoms with Crippen LogP contribution in [0.25, 0.3) is 22.9 Å². The van der Waals surface area contributed by atoms with Crippen LogP contribution in [0.15, 0.2) is 155 Å². The highest BCUT2D eigenvalue weighted by molar-refractivity contribution is 6.02. The number of benzene rings is 6. The summed E-state index contributed by atoms with van der Waals surface area (Å²) < 4.78 is 65.6. The number of nitrogens with one attached hydrogen (secondary N) is 3. The van der Waals surface area contributed by atoms with Gasteiger partial charge in [-0.1, -0.05) is 63.8 Å². The molecule has 8 N–H and O–H groups in total. The van der Waals surface area contributed by atoms with Crippen molar-refractivity contribution in [3.63, 3.8) is 0 Å². The van der Waals surface area contributed by atoms with Gasteiger partial charge in [0.1, 0.15) is 35.8 Å². The number of carbonyl (C=O) groups excluding carboxylic acids is 3. The van der Waals surface area contributed by atoms with Crippen LogP contribution >= 0.6 is 0 Å². The van der Waals surface area contributed by atoms with Gasteiger partial charge in [0.15, 0.2) is 0 Å². The molecule has 6 aromatic carbocycles. The molecule has 0 radical (unpaired) electrons. The zero-order valence-corrected chi connectivity index (χ0v) is 54.8. The van der Waals surface area contributed by atoms with Crippen molar-refractivity contribution in [1.29, 1.82) is 0 Å². The van der Waals surface area contributed by atoms with Gasteiger partial charge in [0, 0.05) is 107 Å². The van der Waals surface area contributed by atoms with Gasteiger partial charge in [0.2, 0.25) is 11.8 Å². The van der Waals surface area contributed by atoms with Gasteiger partial charge in [-0.15, -0.1) is 12.8 Å². The lowest BCUT2D eigenvalue weighted by atomic mass is 9.98. The van der Waals surface area contributed by atoms with E-state index in [4.69, 9.17) is 27.4 Å². The fourth-order valence-electron chi connectivity index (χ4n) is 11.6. The summed E-state index contributed by atoms with van der Waals surface area (Å²) in [6.07, 6.45) is 21.7. The summed E-state index contributed by atoms with van der Waals surface area (Å²) in [5.74, 6) is 0.883. The summed E-state index contributed by atoms with van der Waals surface area (Å²) in [7, 11) is 0. The normalized spacial score (nSPS) is 14.3. The zero-order chi connectivity index (χ0) is 69.8. The van der Waals surface area contributed by atoms with E-state index in [2.05, 4.69) is 37.8 Å².